The topological polar surface area (TPSA) is 42.6 Å². The fourth-order valence-electron chi connectivity index (χ4n) is 3.22. The maximum Gasteiger partial charge on any atom is 0.238 e. The van der Waals surface area contributed by atoms with Gasteiger partial charge < -0.3 is 9.64 Å². The number of hydrogen-bond donors (Lipinski definition) is 0. The molecule has 0 saturated carbocycles. The number of aromatic nitrogens is 2. The van der Waals surface area contributed by atoms with E-state index < -0.39 is 0 Å². The molecule has 1 aliphatic heterocycles. The van der Waals surface area contributed by atoms with Crippen LogP contribution in [0.15, 0.2) is 59.7 Å². The van der Waals surface area contributed by atoms with E-state index in [0.29, 0.717) is 10.9 Å². The van der Waals surface area contributed by atoms with Crippen LogP contribution in [0.5, 0.6) is 11.6 Å². The first-order chi connectivity index (χ1) is 13.7. The van der Waals surface area contributed by atoms with Crippen molar-refractivity contribution in [3.63, 3.8) is 0 Å². The monoisotopic (exact) mass is 394 g/mol. The van der Waals surface area contributed by atoms with Gasteiger partial charge in [0.05, 0.1) is 17.7 Å². The molecule has 5 nitrogen and oxygen atoms in total. The van der Waals surface area contributed by atoms with Gasteiger partial charge in [-0.15, -0.1) is 5.10 Å². The second kappa shape index (κ2) is 8.48. The fourth-order valence-corrected chi connectivity index (χ4v) is 3.35. The van der Waals surface area contributed by atoms with Gasteiger partial charge in [0.25, 0.3) is 0 Å². The SMILES string of the molecule is Cc1cc(N=CN2CCCCC2)ccc1Oc1ccn(-c2ccc(Cl)cc2)n1. The zero-order valence-electron chi connectivity index (χ0n) is 15.9. The summed E-state index contributed by atoms with van der Waals surface area (Å²) < 4.78 is 7.73. The summed E-state index contributed by atoms with van der Waals surface area (Å²) in [6.07, 6.45) is 7.65. The highest BCUT2D eigenvalue weighted by Gasteiger charge is 2.08. The van der Waals surface area contributed by atoms with Crippen LogP contribution in [0, 0.1) is 6.92 Å². The Balaban J connectivity index is 1.43. The molecule has 0 atom stereocenters. The van der Waals surface area contributed by atoms with Crippen LogP contribution in [0.1, 0.15) is 24.8 Å². The third kappa shape index (κ3) is 4.54. The van der Waals surface area contributed by atoms with Crippen molar-refractivity contribution in [1.29, 1.82) is 0 Å². The van der Waals surface area contributed by atoms with E-state index in [-0.39, 0.29) is 0 Å². The lowest BCUT2D eigenvalue weighted by atomic mass is 10.1. The van der Waals surface area contributed by atoms with Crippen LogP contribution in [0.3, 0.4) is 0 Å². The van der Waals surface area contributed by atoms with E-state index >= 15 is 0 Å². The standard InChI is InChI=1S/C22H23ClN4O/c1-17-15-19(24-16-26-12-3-2-4-13-26)7-10-21(17)28-22-11-14-27(25-22)20-8-5-18(23)6-9-20/h5-11,14-16H,2-4,12-13H2,1H3. The molecule has 0 amide bonds. The minimum absolute atomic E-state index is 0.544. The van der Waals surface area contributed by atoms with Crippen LogP contribution >= 0.6 is 11.6 Å². The molecule has 2 aromatic carbocycles. The molecule has 1 saturated heterocycles. The Morgan fingerprint density at radius 2 is 1.82 bits per heavy atom. The number of benzene rings is 2. The summed E-state index contributed by atoms with van der Waals surface area (Å²) in [5, 5.41) is 5.18. The van der Waals surface area contributed by atoms with Crippen molar-refractivity contribution in [3.8, 4) is 17.3 Å². The average Bonchev–Trinajstić information content (AvgIpc) is 3.18. The fraction of sp³-hybridized carbons (Fsp3) is 0.273. The second-order valence-electron chi connectivity index (χ2n) is 6.97. The highest BCUT2D eigenvalue weighted by atomic mass is 35.5. The van der Waals surface area contributed by atoms with E-state index in [1.54, 1.807) is 4.68 Å². The smallest absolute Gasteiger partial charge is 0.238 e. The largest absolute Gasteiger partial charge is 0.437 e. The lowest BCUT2D eigenvalue weighted by molar-refractivity contribution is 0.351. The Morgan fingerprint density at radius 3 is 2.57 bits per heavy atom. The molecule has 6 heteroatoms. The van der Waals surface area contributed by atoms with Gasteiger partial charge in [-0.1, -0.05) is 11.6 Å². The van der Waals surface area contributed by atoms with Crippen LogP contribution in [-0.4, -0.2) is 34.1 Å². The van der Waals surface area contributed by atoms with Crippen molar-refractivity contribution in [2.45, 2.75) is 26.2 Å². The summed E-state index contributed by atoms with van der Waals surface area (Å²) in [6.45, 7) is 4.21. The van der Waals surface area contributed by atoms with Gasteiger partial charge in [0, 0.05) is 30.4 Å². The van der Waals surface area contributed by atoms with E-state index in [1.807, 2.05) is 68.0 Å². The first-order valence-electron chi connectivity index (χ1n) is 9.56. The Hall–Kier alpha value is -2.79. The second-order valence-corrected chi connectivity index (χ2v) is 7.40. The molecule has 0 unspecified atom stereocenters. The number of aryl methyl sites for hydroxylation is 1. The van der Waals surface area contributed by atoms with Crippen molar-refractivity contribution in [2.24, 2.45) is 4.99 Å². The Labute approximate surface area is 170 Å². The van der Waals surface area contributed by atoms with Gasteiger partial charge >= 0.3 is 0 Å². The van der Waals surface area contributed by atoms with Crippen molar-refractivity contribution in [2.75, 3.05) is 13.1 Å². The molecule has 28 heavy (non-hydrogen) atoms. The van der Waals surface area contributed by atoms with E-state index in [4.69, 9.17) is 16.3 Å². The molecule has 0 N–H and O–H groups in total. The van der Waals surface area contributed by atoms with Crippen LogP contribution in [0.2, 0.25) is 5.02 Å². The van der Waals surface area contributed by atoms with Crippen LogP contribution in [0.4, 0.5) is 5.69 Å². The Morgan fingerprint density at radius 1 is 1.04 bits per heavy atom. The molecule has 0 bridgehead atoms. The lowest BCUT2D eigenvalue weighted by Gasteiger charge is -2.23. The number of halogens is 1. The van der Waals surface area contributed by atoms with E-state index in [0.717, 1.165) is 35.8 Å². The maximum atomic E-state index is 5.96. The maximum absolute atomic E-state index is 5.96. The zero-order valence-corrected chi connectivity index (χ0v) is 16.6. The molecule has 1 aliphatic rings. The highest BCUT2D eigenvalue weighted by molar-refractivity contribution is 6.30. The van der Waals surface area contributed by atoms with Crippen LogP contribution < -0.4 is 4.74 Å². The van der Waals surface area contributed by atoms with Gasteiger partial charge in [0.1, 0.15) is 5.75 Å². The minimum atomic E-state index is 0.544. The number of aliphatic imine (C=N–C) groups is 1. The zero-order chi connectivity index (χ0) is 19.3. The van der Waals surface area contributed by atoms with Gasteiger partial charge in [-0.3, -0.25) is 0 Å². The van der Waals surface area contributed by atoms with Crippen molar-refractivity contribution >= 4 is 23.6 Å². The number of rotatable bonds is 5. The molecule has 1 aromatic heterocycles. The Kier molecular flexibility index (Phi) is 5.63. The number of ether oxygens (including phenoxy) is 1. The molecule has 2 heterocycles. The number of likely N-dealkylation sites (tertiary alicyclic amines) is 1. The number of nitrogens with zero attached hydrogens (tertiary/aromatic N) is 4. The predicted octanol–water partition coefficient (Wildman–Crippen LogP) is 5.77. The first kappa shape index (κ1) is 18.6. The van der Waals surface area contributed by atoms with E-state index in [9.17, 15) is 0 Å². The predicted molar refractivity (Wildman–Crippen MR) is 113 cm³/mol. The third-order valence-corrected chi connectivity index (χ3v) is 5.04. The number of piperidine rings is 1. The molecular weight excluding hydrogens is 372 g/mol. The Bertz CT molecular complexity index is 959. The van der Waals surface area contributed by atoms with Crippen molar-refractivity contribution in [3.05, 3.63) is 65.3 Å². The van der Waals surface area contributed by atoms with E-state index in [2.05, 4.69) is 15.0 Å². The molecule has 3 aromatic rings. The molecule has 0 spiro atoms. The summed E-state index contributed by atoms with van der Waals surface area (Å²) in [5.41, 5.74) is 2.88. The van der Waals surface area contributed by atoms with Gasteiger partial charge in [0.2, 0.25) is 5.88 Å². The van der Waals surface area contributed by atoms with Crippen molar-refractivity contribution < 1.29 is 4.74 Å². The highest BCUT2D eigenvalue weighted by Crippen LogP contribution is 2.28. The van der Waals surface area contributed by atoms with E-state index in [1.165, 1.54) is 19.3 Å². The molecule has 0 radical (unpaired) electrons. The molecule has 1 fully saturated rings. The summed E-state index contributed by atoms with van der Waals surface area (Å²) in [5.74, 6) is 1.32. The molecule has 4 rings (SSSR count). The third-order valence-electron chi connectivity index (χ3n) is 4.79. The normalized spacial score (nSPS) is 14.6. The first-order valence-corrected chi connectivity index (χ1v) is 9.93. The van der Waals surface area contributed by atoms with Crippen LogP contribution in [-0.2, 0) is 0 Å². The summed E-state index contributed by atoms with van der Waals surface area (Å²) >= 11 is 5.94. The van der Waals surface area contributed by atoms with Gasteiger partial charge in [-0.2, -0.15) is 0 Å². The summed E-state index contributed by atoms with van der Waals surface area (Å²) in [7, 11) is 0. The number of hydrogen-bond acceptors (Lipinski definition) is 3. The summed E-state index contributed by atoms with van der Waals surface area (Å²) in [4.78, 5) is 6.89. The quantitative estimate of drug-likeness (QED) is 0.407. The van der Waals surface area contributed by atoms with Gasteiger partial charge in [-0.25, -0.2) is 9.67 Å². The van der Waals surface area contributed by atoms with Gasteiger partial charge in [0.15, 0.2) is 0 Å². The average molecular weight is 395 g/mol. The molecule has 144 valence electrons. The van der Waals surface area contributed by atoms with Crippen LogP contribution in [0.25, 0.3) is 5.69 Å². The molecular formula is C22H23ClN4O. The van der Waals surface area contributed by atoms with Gasteiger partial charge in [-0.05, 0) is 74.2 Å². The lowest BCUT2D eigenvalue weighted by Crippen LogP contribution is -2.27. The minimum Gasteiger partial charge on any atom is -0.437 e. The molecule has 0 aliphatic carbocycles. The van der Waals surface area contributed by atoms with Crippen molar-refractivity contribution in [1.82, 2.24) is 14.7 Å². The summed E-state index contributed by atoms with van der Waals surface area (Å²) in [6, 6.07) is 15.3.